The maximum absolute atomic E-state index is 12.1. The van der Waals surface area contributed by atoms with E-state index >= 15 is 0 Å². The van der Waals surface area contributed by atoms with Crippen LogP contribution in [0.3, 0.4) is 0 Å². The molecule has 100 valence electrons. The van der Waals surface area contributed by atoms with Crippen LogP contribution in [0.2, 0.25) is 0 Å². The molecule has 0 N–H and O–H groups in total. The molecule has 0 unspecified atom stereocenters. The van der Waals surface area contributed by atoms with Crippen LogP contribution in [0.15, 0.2) is 72.8 Å². The lowest BCUT2D eigenvalue weighted by Crippen LogP contribution is -2.05. The fourth-order valence-electron chi connectivity index (χ4n) is 1.94. The first-order chi connectivity index (χ1) is 9.68. The topological polar surface area (TPSA) is 34.1 Å². The number of ketones is 2. The van der Waals surface area contributed by atoms with Crippen molar-refractivity contribution in [2.24, 2.45) is 0 Å². The first kappa shape index (κ1) is 13.9. The summed E-state index contributed by atoms with van der Waals surface area (Å²) in [5.74, 6) is -0.0564. The van der Waals surface area contributed by atoms with Crippen molar-refractivity contribution in [2.75, 3.05) is 0 Å². The minimum absolute atomic E-state index is 0.0348. The molecule has 0 heterocycles. The second-order valence-electron chi connectivity index (χ2n) is 4.59. The molecule has 0 saturated heterocycles. The van der Waals surface area contributed by atoms with Crippen molar-refractivity contribution >= 4 is 11.6 Å². The Balaban J connectivity index is 1.93. The van der Waals surface area contributed by atoms with Gasteiger partial charge in [0.1, 0.15) is 0 Å². The van der Waals surface area contributed by atoms with E-state index in [4.69, 9.17) is 0 Å². The van der Waals surface area contributed by atoms with E-state index in [9.17, 15) is 9.59 Å². The predicted molar refractivity (Wildman–Crippen MR) is 79.9 cm³/mol. The zero-order chi connectivity index (χ0) is 14.4. The highest BCUT2D eigenvalue weighted by Crippen LogP contribution is 2.14. The Labute approximate surface area is 118 Å². The fourth-order valence-corrected chi connectivity index (χ4v) is 1.94. The van der Waals surface area contributed by atoms with Gasteiger partial charge in [0.2, 0.25) is 0 Å². The van der Waals surface area contributed by atoms with E-state index in [2.05, 4.69) is 6.58 Å². The van der Waals surface area contributed by atoms with Crippen molar-refractivity contribution < 1.29 is 9.59 Å². The highest BCUT2D eigenvalue weighted by molar-refractivity contribution is 6.08. The van der Waals surface area contributed by atoms with E-state index in [1.54, 1.807) is 24.3 Å². The summed E-state index contributed by atoms with van der Waals surface area (Å²) in [5, 5.41) is 0. The summed E-state index contributed by atoms with van der Waals surface area (Å²) in [5.41, 5.74) is 1.76. The molecule has 2 heteroatoms. The van der Waals surface area contributed by atoms with Crippen molar-refractivity contribution in [1.29, 1.82) is 0 Å². The van der Waals surface area contributed by atoms with Gasteiger partial charge in [0.15, 0.2) is 11.6 Å². The molecule has 0 aliphatic heterocycles. The van der Waals surface area contributed by atoms with E-state index in [0.717, 1.165) is 0 Å². The molecule has 0 fully saturated rings. The van der Waals surface area contributed by atoms with E-state index in [1.165, 1.54) is 0 Å². The summed E-state index contributed by atoms with van der Waals surface area (Å²) in [6.07, 6.45) is 0.697. The molecular formula is C18H16O2. The van der Waals surface area contributed by atoms with E-state index in [-0.39, 0.29) is 11.6 Å². The normalized spacial score (nSPS) is 10.0. The van der Waals surface area contributed by atoms with Crippen LogP contribution >= 0.6 is 0 Å². The first-order valence-corrected chi connectivity index (χ1v) is 6.54. The van der Waals surface area contributed by atoms with Gasteiger partial charge in [0, 0.05) is 17.5 Å². The van der Waals surface area contributed by atoms with Crippen molar-refractivity contribution in [2.45, 2.75) is 12.8 Å². The van der Waals surface area contributed by atoms with Crippen LogP contribution in [0, 0.1) is 0 Å². The molecule has 0 amide bonds. The molecule has 0 radical (unpaired) electrons. The van der Waals surface area contributed by atoms with Crippen LogP contribution in [0.25, 0.3) is 0 Å². The summed E-state index contributed by atoms with van der Waals surface area (Å²) < 4.78 is 0. The van der Waals surface area contributed by atoms with Gasteiger partial charge < -0.3 is 0 Å². The van der Waals surface area contributed by atoms with Crippen LogP contribution in [0.5, 0.6) is 0 Å². The third-order valence-corrected chi connectivity index (χ3v) is 3.11. The molecule has 20 heavy (non-hydrogen) atoms. The van der Waals surface area contributed by atoms with Crippen LogP contribution in [0.4, 0.5) is 0 Å². The Morgan fingerprint density at radius 1 is 0.750 bits per heavy atom. The minimum Gasteiger partial charge on any atom is -0.294 e. The number of benzene rings is 2. The summed E-state index contributed by atoms with van der Waals surface area (Å²) >= 11 is 0. The average Bonchev–Trinajstić information content (AvgIpc) is 2.53. The molecule has 2 aromatic carbocycles. The average molecular weight is 264 g/mol. The van der Waals surface area contributed by atoms with E-state index in [0.29, 0.717) is 29.5 Å². The minimum atomic E-state index is -0.0912. The van der Waals surface area contributed by atoms with Gasteiger partial charge >= 0.3 is 0 Å². The van der Waals surface area contributed by atoms with Crippen LogP contribution in [-0.4, -0.2) is 11.6 Å². The van der Waals surface area contributed by atoms with Gasteiger partial charge in [-0.2, -0.15) is 0 Å². The fraction of sp³-hybridized carbons (Fsp3) is 0.111. The van der Waals surface area contributed by atoms with Gasteiger partial charge in [-0.25, -0.2) is 0 Å². The monoisotopic (exact) mass is 264 g/mol. The Hall–Kier alpha value is -2.48. The van der Waals surface area contributed by atoms with Gasteiger partial charge in [-0.05, 0) is 12.0 Å². The Kier molecular flexibility index (Phi) is 4.61. The van der Waals surface area contributed by atoms with Crippen molar-refractivity contribution in [3.8, 4) is 0 Å². The molecule has 0 saturated carbocycles. The number of allylic oxidation sites excluding steroid dienone is 1. The van der Waals surface area contributed by atoms with Gasteiger partial charge in [-0.1, -0.05) is 67.2 Å². The number of carbonyl (C=O) groups is 2. The molecule has 2 nitrogen and oxygen atoms in total. The standard InChI is InChI=1S/C18H16O2/c1-14(18(20)16-10-6-3-7-11-16)12-13-17(19)15-8-4-2-5-9-15/h2-11H,1,12-13H2. The molecule has 0 aliphatic carbocycles. The molecule has 0 atom stereocenters. The highest BCUT2D eigenvalue weighted by Gasteiger charge is 2.12. The molecule has 0 bridgehead atoms. The van der Waals surface area contributed by atoms with Crippen LogP contribution < -0.4 is 0 Å². The molecular weight excluding hydrogens is 248 g/mol. The molecule has 0 aromatic heterocycles. The zero-order valence-corrected chi connectivity index (χ0v) is 11.2. The lowest BCUT2D eigenvalue weighted by Gasteiger charge is -2.05. The smallest absolute Gasteiger partial charge is 0.188 e. The number of hydrogen-bond donors (Lipinski definition) is 0. The SMILES string of the molecule is C=C(CCC(=O)c1ccccc1)C(=O)c1ccccc1. The lowest BCUT2D eigenvalue weighted by molar-refractivity contribution is 0.0979. The second-order valence-corrected chi connectivity index (χ2v) is 4.59. The van der Waals surface area contributed by atoms with Crippen molar-refractivity contribution in [1.82, 2.24) is 0 Å². The van der Waals surface area contributed by atoms with E-state index < -0.39 is 0 Å². The molecule has 2 rings (SSSR count). The predicted octanol–water partition coefficient (Wildman–Crippen LogP) is 4.09. The summed E-state index contributed by atoms with van der Waals surface area (Å²) in [4.78, 5) is 24.0. The maximum atomic E-state index is 12.1. The molecule has 0 aliphatic rings. The Morgan fingerprint density at radius 3 is 1.80 bits per heavy atom. The van der Waals surface area contributed by atoms with Gasteiger partial charge in [0.25, 0.3) is 0 Å². The largest absolute Gasteiger partial charge is 0.294 e. The number of hydrogen-bond acceptors (Lipinski definition) is 2. The van der Waals surface area contributed by atoms with Gasteiger partial charge in [0.05, 0.1) is 0 Å². The van der Waals surface area contributed by atoms with Crippen molar-refractivity contribution in [3.63, 3.8) is 0 Å². The maximum Gasteiger partial charge on any atom is 0.188 e. The van der Waals surface area contributed by atoms with Crippen LogP contribution in [0.1, 0.15) is 33.6 Å². The summed E-state index contributed by atoms with van der Waals surface area (Å²) in [7, 11) is 0. The number of carbonyl (C=O) groups excluding carboxylic acids is 2. The molecule has 0 spiro atoms. The Bertz CT molecular complexity index is 612. The second kappa shape index (κ2) is 6.62. The number of rotatable bonds is 6. The van der Waals surface area contributed by atoms with Gasteiger partial charge in [-0.3, -0.25) is 9.59 Å². The zero-order valence-electron chi connectivity index (χ0n) is 11.2. The number of Topliss-reactive ketones (excluding diaryl/α,β-unsaturated/α-hetero) is 2. The third kappa shape index (κ3) is 3.51. The molecule has 2 aromatic rings. The third-order valence-electron chi connectivity index (χ3n) is 3.11. The van der Waals surface area contributed by atoms with E-state index in [1.807, 2.05) is 36.4 Å². The van der Waals surface area contributed by atoms with Crippen molar-refractivity contribution in [3.05, 3.63) is 83.9 Å². The van der Waals surface area contributed by atoms with Crippen LogP contribution in [-0.2, 0) is 0 Å². The van der Waals surface area contributed by atoms with Gasteiger partial charge in [-0.15, -0.1) is 0 Å². The quantitative estimate of drug-likeness (QED) is 0.581. The summed E-state index contributed by atoms with van der Waals surface area (Å²) in [6.45, 7) is 3.79. The summed E-state index contributed by atoms with van der Waals surface area (Å²) in [6, 6.07) is 18.1. The lowest BCUT2D eigenvalue weighted by atomic mass is 9.98. The first-order valence-electron chi connectivity index (χ1n) is 6.54. The Morgan fingerprint density at radius 2 is 1.25 bits per heavy atom. The highest BCUT2D eigenvalue weighted by atomic mass is 16.1.